The van der Waals surface area contributed by atoms with Crippen LogP contribution in [0.3, 0.4) is 0 Å². The summed E-state index contributed by atoms with van der Waals surface area (Å²) < 4.78 is 1.92. The summed E-state index contributed by atoms with van der Waals surface area (Å²) in [5, 5.41) is 4.44. The minimum Gasteiger partial charge on any atom is -0.330 e. The Kier molecular flexibility index (Phi) is 5.35. The van der Waals surface area contributed by atoms with Gasteiger partial charge in [0.15, 0.2) is 0 Å². The van der Waals surface area contributed by atoms with Gasteiger partial charge in [0.25, 0.3) is 0 Å². The van der Waals surface area contributed by atoms with E-state index in [1.165, 1.54) is 0 Å². The minimum atomic E-state index is -0.0136. The molecular weight excluding hydrogens is 214 g/mol. The molecular formula is C13H23N3O. The van der Waals surface area contributed by atoms with Crippen LogP contribution in [-0.4, -0.2) is 22.1 Å². The van der Waals surface area contributed by atoms with Gasteiger partial charge in [-0.1, -0.05) is 13.8 Å². The molecule has 4 heteroatoms. The summed E-state index contributed by atoms with van der Waals surface area (Å²) in [6.07, 6.45) is 2.18. The Hall–Kier alpha value is -1.16. The van der Waals surface area contributed by atoms with Gasteiger partial charge in [0.05, 0.1) is 5.69 Å². The van der Waals surface area contributed by atoms with Crippen LogP contribution < -0.4 is 5.73 Å². The van der Waals surface area contributed by atoms with Crippen LogP contribution in [0.1, 0.15) is 38.6 Å². The molecule has 0 aromatic carbocycles. The lowest BCUT2D eigenvalue weighted by Crippen LogP contribution is -2.25. The zero-order valence-electron chi connectivity index (χ0n) is 11.1. The fraction of sp³-hybridized carbons (Fsp3) is 0.692. The van der Waals surface area contributed by atoms with Gasteiger partial charge in [0, 0.05) is 31.1 Å². The molecule has 17 heavy (non-hydrogen) atoms. The summed E-state index contributed by atoms with van der Waals surface area (Å²) in [7, 11) is 0. The van der Waals surface area contributed by atoms with Crippen LogP contribution in [0.15, 0.2) is 6.07 Å². The molecule has 0 saturated carbocycles. The van der Waals surface area contributed by atoms with Gasteiger partial charge >= 0.3 is 0 Å². The topological polar surface area (TPSA) is 60.9 Å². The van der Waals surface area contributed by atoms with Gasteiger partial charge in [-0.15, -0.1) is 0 Å². The lowest BCUT2D eigenvalue weighted by molar-refractivity contribution is -0.122. The third-order valence-electron chi connectivity index (χ3n) is 3.16. The Bertz CT molecular complexity index is 367. The third-order valence-corrected chi connectivity index (χ3v) is 3.16. The SMILES string of the molecule is CCc1cc(CC(=O)C(CC)CN)n(CC)n1. The first kappa shape index (κ1) is 13.9. The number of ketones is 1. The van der Waals surface area contributed by atoms with E-state index in [0.717, 1.165) is 30.8 Å². The second-order valence-corrected chi connectivity index (χ2v) is 4.28. The molecule has 2 N–H and O–H groups in total. The molecule has 0 aliphatic heterocycles. The maximum atomic E-state index is 12.0. The molecule has 96 valence electrons. The smallest absolute Gasteiger partial charge is 0.143 e. The number of aromatic nitrogens is 2. The molecule has 0 bridgehead atoms. The zero-order valence-corrected chi connectivity index (χ0v) is 11.1. The Balaban J connectivity index is 2.79. The van der Waals surface area contributed by atoms with E-state index in [1.807, 2.05) is 24.6 Å². The van der Waals surface area contributed by atoms with Crippen molar-refractivity contribution in [2.24, 2.45) is 11.7 Å². The molecule has 4 nitrogen and oxygen atoms in total. The van der Waals surface area contributed by atoms with Crippen LogP contribution in [0.2, 0.25) is 0 Å². The fourth-order valence-corrected chi connectivity index (χ4v) is 1.95. The molecule has 1 heterocycles. The van der Waals surface area contributed by atoms with Crippen molar-refractivity contribution in [3.63, 3.8) is 0 Å². The third kappa shape index (κ3) is 3.40. The molecule has 1 atom stereocenters. The standard InChI is InChI=1S/C13H23N3O/c1-4-10(9-14)13(17)8-12-7-11(5-2)15-16(12)6-3/h7,10H,4-6,8-9,14H2,1-3H3. The summed E-state index contributed by atoms with van der Waals surface area (Å²) in [5.41, 5.74) is 7.66. The van der Waals surface area contributed by atoms with Gasteiger partial charge in [-0.3, -0.25) is 9.48 Å². The summed E-state index contributed by atoms with van der Waals surface area (Å²) in [4.78, 5) is 12.0. The largest absolute Gasteiger partial charge is 0.330 e. The maximum Gasteiger partial charge on any atom is 0.143 e. The number of nitrogens with zero attached hydrogens (tertiary/aromatic N) is 2. The van der Waals surface area contributed by atoms with Crippen LogP contribution >= 0.6 is 0 Å². The highest BCUT2D eigenvalue weighted by atomic mass is 16.1. The Morgan fingerprint density at radius 2 is 2.18 bits per heavy atom. The Labute approximate surface area is 103 Å². The normalized spacial score (nSPS) is 12.7. The number of nitrogens with two attached hydrogens (primary N) is 1. The van der Waals surface area contributed by atoms with Crippen molar-refractivity contribution >= 4 is 5.78 Å². The van der Waals surface area contributed by atoms with Crippen LogP contribution in [0.4, 0.5) is 0 Å². The first-order valence-corrected chi connectivity index (χ1v) is 6.44. The summed E-state index contributed by atoms with van der Waals surface area (Å²) in [5.74, 6) is 0.215. The van der Waals surface area contributed by atoms with Gasteiger partial charge in [-0.05, 0) is 25.8 Å². The fourth-order valence-electron chi connectivity index (χ4n) is 1.95. The van der Waals surface area contributed by atoms with E-state index in [4.69, 9.17) is 5.73 Å². The van der Waals surface area contributed by atoms with Gasteiger partial charge in [-0.2, -0.15) is 5.10 Å². The van der Waals surface area contributed by atoms with E-state index < -0.39 is 0 Å². The molecule has 0 amide bonds. The molecule has 0 aliphatic rings. The van der Waals surface area contributed by atoms with Gasteiger partial charge in [0.1, 0.15) is 5.78 Å². The van der Waals surface area contributed by atoms with Gasteiger partial charge in [-0.25, -0.2) is 0 Å². The molecule has 0 radical (unpaired) electrons. The highest BCUT2D eigenvalue weighted by Crippen LogP contribution is 2.11. The average molecular weight is 237 g/mol. The number of hydrogen-bond donors (Lipinski definition) is 1. The van der Waals surface area contributed by atoms with E-state index in [9.17, 15) is 4.79 Å². The molecule has 1 rings (SSSR count). The predicted octanol–water partition coefficient (Wildman–Crippen LogP) is 1.56. The quantitative estimate of drug-likeness (QED) is 0.783. The second kappa shape index (κ2) is 6.55. The second-order valence-electron chi connectivity index (χ2n) is 4.28. The number of rotatable bonds is 7. The highest BCUT2D eigenvalue weighted by molar-refractivity contribution is 5.83. The number of aryl methyl sites for hydroxylation is 2. The summed E-state index contributed by atoms with van der Waals surface area (Å²) in [6, 6.07) is 2.03. The molecule has 1 aromatic rings. The zero-order chi connectivity index (χ0) is 12.8. The first-order chi connectivity index (χ1) is 8.15. The molecule has 0 fully saturated rings. The van der Waals surface area contributed by atoms with E-state index in [2.05, 4.69) is 12.0 Å². The van der Waals surface area contributed by atoms with E-state index in [0.29, 0.717) is 13.0 Å². The van der Waals surface area contributed by atoms with Gasteiger partial charge < -0.3 is 5.73 Å². The van der Waals surface area contributed by atoms with E-state index in [1.54, 1.807) is 0 Å². The number of Topliss-reactive ketones (excluding diaryl/α,β-unsaturated/α-hetero) is 1. The van der Waals surface area contributed by atoms with Crippen LogP contribution in [0.25, 0.3) is 0 Å². The Morgan fingerprint density at radius 1 is 1.47 bits per heavy atom. The lowest BCUT2D eigenvalue weighted by Gasteiger charge is -2.11. The molecule has 0 spiro atoms. The maximum absolute atomic E-state index is 12.0. The molecule has 0 saturated heterocycles. The summed E-state index contributed by atoms with van der Waals surface area (Å²) in [6.45, 7) is 7.37. The first-order valence-electron chi connectivity index (χ1n) is 6.44. The lowest BCUT2D eigenvalue weighted by atomic mass is 9.97. The van der Waals surface area contributed by atoms with Crippen molar-refractivity contribution in [2.45, 2.75) is 46.6 Å². The van der Waals surface area contributed by atoms with Crippen molar-refractivity contribution in [3.05, 3.63) is 17.5 Å². The minimum absolute atomic E-state index is 0.0136. The highest BCUT2D eigenvalue weighted by Gasteiger charge is 2.17. The molecule has 0 aliphatic carbocycles. The molecule has 1 unspecified atom stereocenters. The van der Waals surface area contributed by atoms with Crippen molar-refractivity contribution in [1.82, 2.24) is 9.78 Å². The van der Waals surface area contributed by atoms with E-state index >= 15 is 0 Å². The molecule has 1 aromatic heterocycles. The van der Waals surface area contributed by atoms with Crippen molar-refractivity contribution in [3.8, 4) is 0 Å². The van der Waals surface area contributed by atoms with Crippen molar-refractivity contribution in [1.29, 1.82) is 0 Å². The van der Waals surface area contributed by atoms with Crippen LogP contribution in [0.5, 0.6) is 0 Å². The number of carbonyl (C=O) groups excluding carboxylic acids is 1. The van der Waals surface area contributed by atoms with Crippen molar-refractivity contribution in [2.75, 3.05) is 6.54 Å². The van der Waals surface area contributed by atoms with E-state index in [-0.39, 0.29) is 11.7 Å². The number of hydrogen-bond acceptors (Lipinski definition) is 3. The predicted molar refractivity (Wildman–Crippen MR) is 68.8 cm³/mol. The van der Waals surface area contributed by atoms with Crippen LogP contribution in [0, 0.1) is 5.92 Å². The number of carbonyl (C=O) groups is 1. The van der Waals surface area contributed by atoms with Crippen molar-refractivity contribution < 1.29 is 4.79 Å². The Morgan fingerprint density at radius 3 is 2.65 bits per heavy atom. The average Bonchev–Trinajstić information content (AvgIpc) is 2.73. The monoisotopic (exact) mass is 237 g/mol. The van der Waals surface area contributed by atoms with Gasteiger partial charge in [0.2, 0.25) is 0 Å². The van der Waals surface area contributed by atoms with Crippen LogP contribution in [-0.2, 0) is 24.2 Å². The summed E-state index contributed by atoms with van der Waals surface area (Å²) >= 11 is 0.